The number of hydrogen-bond acceptors (Lipinski definition) is 4. The summed E-state index contributed by atoms with van der Waals surface area (Å²) in [6.45, 7) is 11.6. The third-order valence-electron chi connectivity index (χ3n) is 4.05. The van der Waals surface area contributed by atoms with Gasteiger partial charge in [0.25, 0.3) is 0 Å². The number of nitrogens with one attached hydrogen (secondary N) is 3. The summed E-state index contributed by atoms with van der Waals surface area (Å²) >= 11 is 0. The van der Waals surface area contributed by atoms with Crippen LogP contribution in [0.4, 0.5) is 0 Å². The summed E-state index contributed by atoms with van der Waals surface area (Å²) in [5.74, 6) is 2.15. The van der Waals surface area contributed by atoms with Gasteiger partial charge in [0.05, 0.1) is 6.61 Å². The highest BCUT2D eigenvalue weighted by molar-refractivity contribution is 5.29. The molecular formula is C17H29N3O. The van der Waals surface area contributed by atoms with Gasteiger partial charge in [-0.2, -0.15) is 0 Å². The molecule has 4 nitrogen and oxygen atoms in total. The molecule has 4 heteroatoms. The molecule has 1 heterocycles. The third kappa shape index (κ3) is 4.99. The molecule has 1 aliphatic heterocycles. The van der Waals surface area contributed by atoms with Crippen molar-refractivity contribution in [1.82, 2.24) is 16.2 Å². The SMILES string of the molecule is CC(C)COc1ccc(C(C)NCC2CNNC2C)cc1. The first-order chi connectivity index (χ1) is 10.1. The highest BCUT2D eigenvalue weighted by Crippen LogP contribution is 2.18. The minimum atomic E-state index is 0.358. The van der Waals surface area contributed by atoms with Gasteiger partial charge in [-0.05, 0) is 37.5 Å². The van der Waals surface area contributed by atoms with Crippen molar-refractivity contribution in [2.45, 2.75) is 39.8 Å². The third-order valence-corrected chi connectivity index (χ3v) is 4.05. The monoisotopic (exact) mass is 291 g/mol. The second kappa shape index (κ2) is 7.78. The molecule has 2 rings (SSSR count). The first-order valence-electron chi connectivity index (χ1n) is 8.00. The highest BCUT2D eigenvalue weighted by Gasteiger charge is 2.22. The van der Waals surface area contributed by atoms with Crippen molar-refractivity contribution in [2.75, 3.05) is 19.7 Å². The Morgan fingerprint density at radius 2 is 1.95 bits per heavy atom. The molecule has 21 heavy (non-hydrogen) atoms. The van der Waals surface area contributed by atoms with E-state index in [2.05, 4.69) is 68.1 Å². The van der Waals surface area contributed by atoms with Crippen molar-refractivity contribution in [3.05, 3.63) is 29.8 Å². The van der Waals surface area contributed by atoms with Crippen LogP contribution in [0.3, 0.4) is 0 Å². The maximum atomic E-state index is 5.72. The molecule has 0 bridgehead atoms. The van der Waals surface area contributed by atoms with E-state index in [0.29, 0.717) is 23.9 Å². The molecule has 1 saturated heterocycles. The lowest BCUT2D eigenvalue weighted by Gasteiger charge is -2.19. The van der Waals surface area contributed by atoms with Crippen LogP contribution < -0.4 is 20.9 Å². The van der Waals surface area contributed by atoms with Crippen LogP contribution in [0.15, 0.2) is 24.3 Å². The molecule has 1 aromatic rings. The molecule has 0 spiro atoms. The van der Waals surface area contributed by atoms with Crippen LogP contribution >= 0.6 is 0 Å². The molecule has 3 atom stereocenters. The lowest BCUT2D eigenvalue weighted by Crippen LogP contribution is -2.33. The van der Waals surface area contributed by atoms with E-state index in [-0.39, 0.29) is 0 Å². The lowest BCUT2D eigenvalue weighted by atomic mass is 10.0. The van der Waals surface area contributed by atoms with Crippen LogP contribution in [0.5, 0.6) is 5.75 Å². The Morgan fingerprint density at radius 1 is 1.24 bits per heavy atom. The molecule has 0 amide bonds. The van der Waals surface area contributed by atoms with E-state index in [1.54, 1.807) is 0 Å². The van der Waals surface area contributed by atoms with Crippen molar-refractivity contribution in [2.24, 2.45) is 11.8 Å². The quantitative estimate of drug-likeness (QED) is 0.722. The summed E-state index contributed by atoms with van der Waals surface area (Å²) in [7, 11) is 0. The van der Waals surface area contributed by atoms with Crippen LogP contribution in [0.2, 0.25) is 0 Å². The Balaban J connectivity index is 1.80. The van der Waals surface area contributed by atoms with Crippen LogP contribution in [0.25, 0.3) is 0 Å². The second-order valence-corrected chi connectivity index (χ2v) is 6.48. The summed E-state index contributed by atoms with van der Waals surface area (Å²) in [6, 6.07) is 9.33. The fraction of sp³-hybridized carbons (Fsp3) is 0.647. The molecule has 0 aromatic heterocycles. The normalized spacial score (nSPS) is 23.5. The molecule has 1 aromatic carbocycles. The predicted molar refractivity (Wildman–Crippen MR) is 87.3 cm³/mol. The van der Waals surface area contributed by atoms with E-state index in [0.717, 1.165) is 25.4 Å². The number of benzene rings is 1. The minimum Gasteiger partial charge on any atom is -0.493 e. The van der Waals surface area contributed by atoms with Gasteiger partial charge in [0.2, 0.25) is 0 Å². The maximum absolute atomic E-state index is 5.72. The molecule has 0 saturated carbocycles. The average Bonchev–Trinajstić information content (AvgIpc) is 2.88. The highest BCUT2D eigenvalue weighted by atomic mass is 16.5. The minimum absolute atomic E-state index is 0.358. The zero-order valence-electron chi connectivity index (χ0n) is 13.6. The van der Waals surface area contributed by atoms with E-state index < -0.39 is 0 Å². The van der Waals surface area contributed by atoms with E-state index in [1.807, 2.05) is 0 Å². The summed E-state index contributed by atoms with van der Waals surface area (Å²) in [6.07, 6.45) is 0. The van der Waals surface area contributed by atoms with Gasteiger partial charge in [0.1, 0.15) is 5.75 Å². The zero-order chi connectivity index (χ0) is 15.2. The van der Waals surface area contributed by atoms with Crippen LogP contribution in [-0.2, 0) is 0 Å². The molecule has 3 N–H and O–H groups in total. The standard InChI is InChI=1S/C17H29N3O/c1-12(2)11-21-17-7-5-15(6-8-17)13(3)18-9-16-10-19-20-14(16)4/h5-8,12-14,16,18-20H,9-11H2,1-4H3. The van der Waals surface area contributed by atoms with Crippen molar-refractivity contribution >= 4 is 0 Å². The van der Waals surface area contributed by atoms with Crippen LogP contribution in [-0.4, -0.2) is 25.7 Å². The van der Waals surface area contributed by atoms with E-state index >= 15 is 0 Å². The molecule has 0 radical (unpaired) electrons. The molecule has 118 valence electrons. The Bertz CT molecular complexity index is 419. The molecular weight excluding hydrogens is 262 g/mol. The molecule has 3 unspecified atom stereocenters. The molecule has 1 aliphatic rings. The van der Waals surface area contributed by atoms with Gasteiger partial charge in [-0.15, -0.1) is 0 Å². The fourth-order valence-electron chi connectivity index (χ4n) is 2.46. The molecule has 1 fully saturated rings. The number of ether oxygens (including phenoxy) is 1. The lowest BCUT2D eigenvalue weighted by molar-refractivity contribution is 0.271. The summed E-state index contributed by atoms with van der Waals surface area (Å²) < 4.78 is 5.72. The first-order valence-corrected chi connectivity index (χ1v) is 8.00. The van der Waals surface area contributed by atoms with E-state index in [4.69, 9.17) is 4.74 Å². The van der Waals surface area contributed by atoms with Crippen LogP contribution in [0.1, 0.15) is 39.3 Å². The smallest absolute Gasteiger partial charge is 0.119 e. The summed E-state index contributed by atoms with van der Waals surface area (Å²) in [5.41, 5.74) is 7.77. The Morgan fingerprint density at radius 3 is 2.52 bits per heavy atom. The van der Waals surface area contributed by atoms with E-state index in [9.17, 15) is 0 Å². The summed E-state index contributed by atoms with van der Waals surface area (Å²) in [5, 5.41) is 3.62. The van der Waals surface area contributed by atoms with Crippen LogP contribution in [0, 0.1) is 11.8 Å². The van der Waals surface area contributed by atoms with Gasteiger partial charge >= 0.3 is 0 Å². The van der Waals surface area contributed by atoms with Crippen molar-refractivity contribution in [3.63, 3.8) is 0 Å². The maximum Gasteiger partial charge on any atom is 0.119 e. The predicted octanol–water partition coefficient (Wildman–Crippen LogP) is 2.48. The topological polar surface area (TPSA) is 45.3 Å². The molecule has 0 aliphatic carbocycles. The second-order valence-electron chi connectivity index (χ2n) is 6.48. The van der Waals surface area contributed by atoms with Crippen molar-refractivity contribution < 1.29 is 4.74 Å². The fourth-order valence-corrected chi connectivity index (χ4v) is 2.46. The largest absolute Gasteiger partial charge is 0.493 e. The first kappa shape index (κ1) is 16.3. The van der Waals surface area contributed by atoms with Gasteiger partial charge in [-0.3, -0.25) is 10.9 Å². The number of hydrogen-bond donors (Lipinski definition) is 3. The van der Waals surface area contributed by atoms with Gasteiger partial charge < -0.3 is 10.1 Å². The Kier molecular flexibility index (Phi) is 6.03. The van der Waals surface area contributed by atoms with Gasteiger partial charge in [0, 0.05) is 31.1 Å². The summed E-state index contributed by atoms with van der Waals surface area (Å²) in [4.78, 5) is 0. The number of hydrazine groups is 1. The zero-order valence-corrected chi connectivity index (χ0v) is 13.6. The number of rotatable bonds is 7. The van der Waals surface area contributed by atoms with E-state index in [1.165, 1.54) is 5.56 Å². The average molecular weight is 291 g/mol. The van der Waals surface area contributed by atoms with Gasteiger partial charge in [0.15, 0.2) is 0 Å². The van der Waals surface area contributed by atoms with Gasteiger partial charge in [-0.1, -0.05) is 26.0 Å². The Labute approximate surface area is 128 Å². The van der Waals surface area contributed by atoms with Gasteiger partial charge in [-0.25, -0.2) is 0 Å². The Hall–Kier alpha value is -1.10. The van der Waals surface area contributed by atoms with Crippen molar-refractivity contribution in [3.8, 4) is 5.75 Å². The van der Waals surface area contributed by atoms with Crippen molar-refractivity contribution in [1.29, 1.82) is 0 Å².